The van der Waals surface area contributed by atoms with Crippen LogP contribution in [0.5, 0.6) is 0 Å². The average molecular weight is 454 g/mol. The van der Waals surface area contributed by atoms with Crippen molar-refractivity contribution in [3.63, 3.8) is 0 Å². The molecule has 2 saturated heterocycles. The molecule has 1 amide bonds. The van der Waals surface area contributed by atoms with Gasteiger partial charge >= 0.3 is 0 Å². The van der Waals surface area contributed by atoms with Gasteiger partial charge in [0.1, 0.15) is 5.82 Å². The molecule has 0 bridgehead atoms. The maximum Gasteiger partial charge on any atom is 0.255 e. The number of fused-ring (bicyclic) bond motifs is 1. The van der Waals surface area contributed by atoms with Crippen molar-refractivity contribution in [2.45, 2.75) is 0 Å². The fraction of sp³-hybridized carbons (Fsp3) is 0.185. The van der Waals surface area contributed by atoms with Crippen molar-refractivity contribution in [1.82, 2.24) is 10.3 Å². The molecular weight excluding hydrogens is 429 g/mol. The summed E-state index contributed by atoms with van der Waals surface area (Å²) in [6.07, 6.45) is 1.67. The van der Waals surface area contributed by atoms with Gasteiger partial charge in [-0.3, -0.25) is 9.78 Å². The number of rotatable bonds is 5. The number of amides is 1. The van der Waals surface area contributed by atoms with E-state index in [2.05, 4.69) is 31.9 Å². The van der Waals surface area contributed by atoms with Crippen LogP contribution in [0, 0.1) is 11.2 Å². The minimum atomic E-state index is -0.323. The highest BCUT2D eigenvalue weighted by Crippen LogP contribution is 2.38. The number of carbonyl (C=O) groups is 1. The molecule has 4 aromatic rings. The highest BCUT2D eigenvalue weighted by Gasteiger charge is 2.47. The zero-order valence-corrected chi connectivity index (χ0v) is 18.5. The van der Waals surface area contributed by atoms with E-state index in [4.69, 9.17) is 0 Å². The molecule has 6 rings (SSSR count). The summed E-state index contributed by atoms with van der Waals surface area (Å²) in [6.45, 7) is 4.29. The average Bonchev–Trinajstić information content (AvgIpc) is 2.78. The third kappa shape index (κ3) is 3.84. The van der Waals surface area contributed by atoms with Crippen molar-refractivity contribution in [2.75, 3.05) is 41.7 Å². The number of pyridine rings is 1. The minimum absolute atomic E-state index is 0.185. The van der Waals surface area contributed by atoms with Crippen molar-refractivity contribution >= 4 is 39.6 Å². The Morgan fingerprint density at radius 1 is 0.971 bits per heavy atom. The van der Waals surface area contributed by atoms with Crippen molar-refractivity contribution in [3.05, 3.63) is 90.4 Å². The number of halogens is 1. The number of nitrogens with one attached hydrogen (secondary N) is 3. The Bertz CT molecular complexity index is 1390. The summed E-state index contributed by atoms with van der Waals surface area (Å²) in [6, 6.07) is 21.5. The Hall–Kier alpha value is -3.97. The molecule has 2 aliphatic heterocycles. The Balaban J connectivity index is 1.17. The Morgan fingerprint density at radius 3 is 2.62 bits per heavy atom. The van der Waals surface area contributed by atoms with Crippen LogP contribution in [-0.4, -0.2) is 37.1 Å². The lowest BCUT2D eigenvalue weighted by Gasteiger charge is -2.57. The minimum Gasteiger partial charge on any atom is -0.370 e. The fourth-order valence-electron chi connectivity index (χ4n) is 4.75. The first-order valence-corrected chi connectivity index (χ1v) is 11.4. The molecule has 34 heavy (non-hydrogen) atoms. The van der Waals surface area contributed by atoms with E-state index in [9.17, 15) is 9.18 Å². The van der Waals surface area contributed by atoms with Gasteiger partial charge in [0.15, 0.2) is 0 Å². The molecule has 0 aliphatic carbocycles. The number of nitrogens with zero attached hydrogens (tertiary/aromatic N) is 2. The number of hydrogen-bond acceptors (Lipinski definition) is 5. The first-order valence-electron chi connectivity index (χ1n) is 11.4. The molecule has 2 fully saturated rings. The predicted octanol–water partition coefficient (Wildman–Crippen LogP) is 4.78. The zero-order valence-electron chi connectivity index (χ0n) is 18.5. The lowest BCUT2D eigenvalue weighted by atomic mass is 9.74. The fourth-order valence-corrected chi connectivity index (χ4v) is 4.75. The van der Waals surface area contributed by atoms with Gasteiger partial charge < -0.3 is 20.9 Å². The molecule has 0 saturated carbocycles. The van der Waals surface area contributed by atoms with Crippen LogP contribution in [0.2, 0.25) is 0 Å². The normalized spacial score (nSPS) is 16.1. The number of hydrogen-bond donors (Lipinski definition) is 3. The summed E-state index contributed by atoms with van der Waals surface area (Å²) in [5.41, 5.74) is 5.03. The van der Waals surface area contributed by atoms with Crippen LogP contribution >= 0.6 is 0 Å². The van der Waals surface area contributed by atoms with E-state index in [1.807, 2.05) is 30.3 Å². The molecule has 6 nitrogen and oxygen atoms in total. The van der Waals surface area contributed by atoms with Gasteiger partial charge in [-0.25, -0.2) is 4.39 Å². The molecular formula is C27H24FN5O. The predicted molar refractivity (Wildman–Crippen MR) is 133 cm³/mol. The van der Waals surface area contributed by atoms with Gasteiger partial charge in [-0.2, -0.15) is 0 Å². The third-order valence-electron chi connectivity index (χ3n) is 6.63. The summed E-state index contributed by atoms with van der Waals surface area (Å²) >= 11 is 0. The highest BCUT2D eigenvalue weighted by molar-refractivity contribution is 6.05. The molecule has 0 atom stereocenters. The topological polar surface area (TPSA) is 69.3 Å². The Labute approximate surface area is 196 Å². The first kappa shape index (κ1) is 20.6. The smallest absolute Gasteiger partial charge is 0.255 e. The van der Waals surface area contributed by atoms with Gasteiger partial charge in [0.05, 0.1) is 5.52 Å². The van der Waals surface area contributed by atoms with Crippen LogP contribution in [0.4, 0.5) is 27.1 Å². The van der Waals surface area contributed by atoms with E-state index >= 15 is 0 Å². The molecule has 1 spiro atoms. The Morgan fingerprint density at radius 2 is 1.79 bits per heavy atom. The van der Waals surface area contributed by atoms with Crippen LogP contribution in [-0.2, 0) is 0 Å². The van der Waals surface area contributed by atoms with E-state index < -0.39 is 0 Å². The third-order valence-corrected chi connectivity index (χ3v) is 6.63. The number of anilines is 4. The molecule has 7 heteroatoms. The highest BCUT2D eigenvalue weighted by atomic mass is 19.1. The number of benzene rings is 3. The molecule has 3 aromatic carbocycles. The summed E-state index contributed by atoms with van der Waals surface area (Å²) in [4.78, 5) is 19.6. The van der Waals surface area contributed by atoms with Gasteiger partial charge in [0, 0.05) is 71.5 Å². The largest absolute Gasteiger partial charge is 0.370 e. The summed E-state index contributed by atoms with van der Waals surface area (Å²) in [5, 5.41) is 10.3. The van der Waals surface area contributed by atoms with E-state index in [-0.39, 0.29) is 11.7 Å². The molecule has 2 aliphatic rings. The van der Waals surface area contributed by atoms with Gasteiger partial charge in [0.2, 0.25) is 0 Å². The van der Waals surface area contributed by atoms with E-state index in [0.717, 1.165) is 48.9 Å². The van der Waals surface area contributed by atoms with Gasteiger partial charge in [0.25, 0.3) is 5.91 Å². The second kappa shape index (κ2) is 8.11. The summed E-state index contributed by atoms with van der Waals surface area (Å²) in [7, 11) is 0. The molecule has 1 aromatic heterocycles. The SMILES string of the molecule is O=C(Nc1cccc(N2CC3(CNC3)C2)c1)c1cccc(Nc2ccnc3ccc(F)cc23)c1. The first-order chi connectivity index (χ1) is 16.6. The lowest BCUT2D eigenvalue weighted by molar-refractivity contribution is 0.102. The molecule has 3 N–H and O–H groups in total. The van der Waals surface area contributed by atoms with E-state index in [0.29, 0.717) is 21.9 Å². The van der Waals surface area contributed by atoms with Crippen LogP contribution in [0.3, 0.4) is 0 Å². The van der Waals surface area contributed by atoms with E-state index in [1.165, 1.54) is 12.1 Å². The van der Waals surface area contributed by atoms with Crippen molar-refractivity contribution in [2.24, 2.45) is 5.41 Å². The van der Waals surface area contributed by atoms with Crippen molar-refractivity contribution < 1.29 is 9.18 Å². The lowest BCUT2D eigenvalue weighted by Crippen LogP contribution is -2.71. The van der Waals surface area contributed by atoms with Crippen LogP contribution in [0.15, 0.2) is 79.0 Å². The van der Waals surface area contributed by atoms with Crippen molar-refractivity contribution in [1.29, 1.82) is 0 Å². The summed E-state index contributed by atoms with van der Waals surface area (Å²) in [5.74, 6) is -0.508. The Kier molecular flexibility index (Phi) is 4.92. The second-order valence-corrected chi connectivity index (χ2v) is 9.19. The maximum atomic E-state index is 13.8. The van der Waals surface area contributed by atoms with Crippen LogP contribution in [0.25, 0.3) is 10.9 Å². The summed E-state index contributed by atoms with van der Waals surface area (Å²) < 4.78 is 13.8. The number of carbonyl (C=O) groups excluding carboxylic acids is 1. The quantitative estimate of drug-likeness (QED) is 0.406. The van der Waals surface area contributed by atoms with Crippen LogP contribution < -0.4 is 20.9 Å². The van der Waals surface area contributed by atoms with Gasteiger partial charge in [-0.05, 0) is 60.7 Å². The van der Waals surface area contributed by atoms with Gasteiger partial charge in [-0.1, -0.05) is 12.1 Å². The second-order valence-electron chi connectivity index (χ2n) is 9.19. The monoisotopic (exact) mass is 453 g/mol. The molecule has 170 valence electrons. The molecule has 3 heterocycles. The number of aromatic nitrogens is 1. The van der Waals surface area contributed by atoms with Crippen LogP contribution in [0.1, 0.15) is 10.4 Å². The standard InChI is InChI=1S/C27H24FN5O/c28-19-7-8-24-23(12-19)25(9-10-30-24)31-20-4-1-3-18(11-20)26(34)32-21-5-2-6-22(13-21)33-16-27(17-33)14-29-15-27/h1-13,29H,14-17H2,(H,30,31)(H,32,34). The van der Waals surface area contributed by atoms with Crippen molar-refractivity contribution in [3.8, 4) is 0 Å². The zero-order chi connectivity index (χ0) is 23.1. The maximum absolute atomic E-state index is 13.8. The molecule has 0 unspecified atom stereocenters. The van der Waals surface area contributed by atoms with Gasteiger partial charge in [-0.15, -0.1) is 0 Å². The van der Waals surface area contributed by atoms with E-state index in [1.54, 1.807) is 30.5 Å². The molecule has 0 radical (unpaired) electrons.